The number of aromatic nitrogens is 2. The van der Waals surface area contributed by atoms with Crippen molar-refractivity contribution in [2.75, 3.05) is 11.9 Å². The van der Waals surface area contributed by atoms with E-state index in [0.29, 0.717) is 19.1 Å². The highest BCUT2D eigenvalue weighted by molar-refractivity contribution is 7.73. The zero-order valence-electron chi connectivity index (χ0n) is 17.5. The molecule has 1 aromatic carbocycles. The maximum atomic E-state index is 12.3. The van der Waals surface area contributed by atoms with Crippen LogP contribution >= 0.6 is 23.6 Å². The number of carbonyl (C=O) groups excluding carboxylic acids is 1. The Morgan fingerprint density at radius 1 is 1.32 bits per heavy atom. The van der Waals surface area contributed by atoms with Gasteiger partial charge in [-0.25, -0.2) is 0 Å². The first kappa shape index (κ1) is 21.1. The van der Waals surface area contributed by atoms with Gasteiger partial charge in [-0.3, -0.25) is 9.69 Å². The fourth-order valence-electron chi connectivity index (χ4n) is 3.24. The zero-order chi connectivity index (χ0) is 20.5. The molecule has 0 bridgehead atoms. The van der Waals surface area contributed by atoms with Crippen molar-refractivity contribution in [3.8, 4) is 0 Å². The lowest BCUT2D eigenvalue weighted by molar-refractivity contribution is -0.917. The monoisotopic (exact) mass is 419 g/mol. The predicted octanol–water partition coefficient (Wildman–Crippen LogP) is 3.55. The SMILES string of the molecule is CCC(=O)N(c1nn(C[NH+](C)Cc2ccc(C(C)(C)C)cc2)c(=S)s1)C1CC1. The van der Waals surface area contributed by atoms with Crippen molar-refractivity contribution in [3.63, 3.8) is 0 Å². The predicted molar refractivity (Wildman–Crippen MR) is 117 cm³/mol. The molecule has 1 N–H and O–H groups in total. The molecule has 28 heavy (non-hydrogen) atoms. The highest BCUT2D eigenvalue weighted by Gasteiger charge is 2.35. The molecule has 7 heteroatoms. The molecule has 0 aliphatic heterocycles. The summed E-state index contributed by atoms with van der Waals surface area (Å²) in [4.78, 5) is 15.5. The number of benzene rings is 1. The lowest BCUT2D eigenvalue weighted by Crippen LogP contribution is -3.07. The van der Waals surface area contributed by atoms with Crippen molar-refractivity contribution >= 4 is 34.6 Å². The molecule has 1 aliphatic carbocycles. The standard InChI is InChI=1S/C21H30N4OS2/c1-6-18(26)25(17-11-12-17)19-22-24(20(27)28-19)14-23(5)13-15-7-9-16(10-8-15)21(2,3)4/h7-10,17H,6,11-14H2,1-5H3/p+1. The van der Waals surface area contributed by atoms with E-state index >= 15 is 0 Å². The number of carbonyl (C=O) groups is 1. The molecule has 1 amide bonds. The van der Waals surface area contributed by atoms with Gasteiger partial charge in [0.25, 0.3) is 0 Å². The van der Waals surface area contributed by atoms with E-state index in [1.54, 1.807) is 0 Å². The minimum Gasteiger partial charge on any atom is -0.315 e. The van der Waals surface area contributed by atoms with Gasteiger partial charge in [0.1, 0.15) is 6.54 Å². The minimum absolute atomic E-state index is 0.137. The first-order chi connectivity index (χ1) is 13.2. The molecule has 0 radical (unpaired) electrons. The summed E-state index contributed by atoms with van der Waals surface area (Å²) in [5, 5.41) is 5.44. The summed E-state index contributed by atoms with van der Waals surface area (Å²) in [6.45, 7) is 10.2. The van der Waals surface area contributed by atoms with E-state index in [2.05, 4.69) is 57.2 Å². The summed E-state index contributed by atoms with van der Waals surface area (Å²) in [6.07, 6.45) is 2.63. The normalized spacial score (nSPS) is 15.5. The number of anilines is 1. The van der Waals surface area contributed by atoms with Gasteiger partial charge in [0.05, 0.1) is 7.05 Å². The number of rotatable bonds is 7. The lowest BCUT2D eigenvalue weighted by Gasteiger charge is -2.20. The summed E-state index contributed by atoms with van der Waals surface area (Å²) in [6, 6.07) is 9.18. The van der Waals surface area contributed by atoms with Gasteiger partial charge >= 0.3 is 0 Å². The number of hydrogen-bond acceptors (Lipinski definition) is 4. The number of hydrogen-bond donors (Lipinski definition) is 1. The maximum absolute atomic E-state index is 12.3. The number of nitrogens with zero attached hydrogens (tertiary/aromatic N) is 3. The van der Waals surface area contributed by atoms with Crippen molar-refractivity contribution in [1.29, 1.82) is 0 Å². The van der Waals surface area contributed by atoms with Crippen molar-refractivity contribution in [1.82, 2.24) is 9.78 Å². The Morgan fingerprint density at radius 2 is 1.96 bits per heavy atom. The van der Waals surface area contributed by atoms with E-state index in [-0.39, 0.29) is 11.3 Å². The molecule has 2 aromatic rings. The van der Waals surface area contributed by atoms with Crippen LogP contribution in [0.4, 0.5) is 5.13 Å². The van der Waals surface area contributed by atoms with Crippen LogP contribution in [0.25, 0.3) is 0 Å². The van der Waals surface area contributed by atoms with E-state index in [1.807, 2.05) is 16.5 Å². The molecule has 1 heterocycles. The van der Waals surface area contributed by atoms with Crippen LogP contribution in [0.5, 0.6) is 0 Å². The summed E-state index contributed by atoms with van der Waals surface area (Å²) >= 11 is 6.98. The summed E-state index contributed by atoms with van der Waals surface area (Å²) in [5.41, 5.74) is 2.82. The first-order valence-electron chi connectivity index (χ1n) is 9.99. The maximum Gasteiger partial charge on any atom is 0.228 e. The van der Waals surface area contributed by atoms with Crippen LogP contribution in [0, 0.1) is 3.95 Å². The molecular weight excluding hydrogens is 388 g/mol. The van der Waals surface area contributed by atoms with Gasteiger partial charge in [-0.2, -0.15) is 4.68 Å². The third-order valence-corrected chi connectivity index (χ3v) is 6.34. The van der Waals surface area contributed by atoms with Crippen LogP contribution in [-0.2, 0) is 23.4 Å². The second-order valence-electron chi connectivity index (χ2n) is 8.74. The Balaban J connectivity index is 1.67. The van der Waals surface area contributed by atoms with Gasteiger partial charge in [0, 0.05) is 18.0 Å². The largest absolute Gasteiger partial charge is 0.315 e. The first-order valence-corrected chi connectivity index (χ1v) is 11.2. The molecular formula is C21H31N4OS2+. The lowest BCUT2D eigenvalue weighted by atomic mass is 9.87. The molecule has 1 aromatic heterocycles. The minimum atomic E-state index is 0.137. The van der Waals surface area contributed by atoms with Crippen LogP contribution in [0.1, 0.15) is 58.1 Å². The van der Waals surface area contributed by atoms with Crippen molar-refractivity contribution in [2.24, 2.45) is 0 Å². The van der Waals surface area contributed by atoms with Crippen molar-refractivity contribution in [2.45, 2.75) is 71.6 Å². The van der Waals surface area contributed by atoms with Crippen LogP contribution in [0.15, 0.2) is 24.3 Å². The van der Waals surface area contributed by atoms with Gasteiger partial charge in [0.15, 0.2) is 10.6 Å². The van der Waals surface area contributed by atoms with Crippen LogP contribution < -0.4 is 9.80 Å². The van der Waals surface area contributed by atoms with Gasteiger partial charge in [-0.1, -0.05) is 63.3 Å². The Kier molecular flexibility index (Phi) is 6.37. The Labute approximate surface area is 177 Å². The van der Waals surface area contributed by atoms with E-state index in [4.69, 9.17) is 12.2 Å². The highest BCUT2D eigenvalue weighted by Crippen LogP contribution is 2.33. The summed E-state index contributed by atoms with van der Waals surface area (Å²) in [7, 11) is 2.15. The molecule has 152 valence electrons. The molecule has 1 atom stereocenters. The Bertz CT molecular complexity index is 875. The van der Waals surface area contributed by atoms with Crippen LogP contribution in [0.2, 0.25) is 0 Å². The summed E-state index contributed by atoms with van der Waals surface area (Å²) in [5.74, 6) is 0.137. The fraction of sp³-hybridized carbons (Fsp3) is 0.571. The summed E-state index contributed by atoms with van der Waals surface area (Å²) < 4.78 is 2.60. The van der Waals surface area contributed by atoms with Crippen LogP contribution in [-0.4, -0.2) is 28.8 Å². The van der Waals surface area contributed by atoms with E-state index in [1.165, 1.54) is 27.4 Å². The molecule has 1 unspecified atom stereocenters. The second kappa shape index (κ2) is 8.43. The Morgan fingerprint density at radius 3 is 2.50 bits per heavy atom. The quantitative estimate of drug-likeness (QED) is 0.698. The number of amides is 1. The van der Waals surface area contributed by atoms with E-state index in [9.17, 15) is 4.79 Å². The fourth-order valence-corrected chi connectivity index (χ4v) is 4.43. The zero-order valence-corrected chi connectivity index (χ0v) is 19.1. The molecule has 0 saturated heterocycles. The topological polar surface area (TPSA) is 42.6 Å². The highest BCUT2D eigenvalue weighted by atomic mass is 32.1. The molecule has 3 rings (SSSR count). The van der Waals surface area contributed by atoms with Gasteiger partial charge < -0.3 is 4.90 Å². The third kappa shape index (κ3) is 5.07. The number of quaternary nitrogens is 1. The van der Waals surface area contributed by atoms with E-state index < -0.39 is 0 Å². The molecule has 0 spiro atoms. The van der Waals surface area contributed by atoms with E-state index in [0.717, 1.165) is 28.5 Å². The smallest absolute Gasteiger partial charge is 0.228 e. The molecule has 1 aliphatic rings. The molecule has 5 nitrogen and oxygen atoms in total. The van der Waals surface area contributed by atoms with Gasteiger partial charge in [-0.05, 0) is 36.0 Å². The third-order valence-electron chi connectivity index (χ3n) is 5.03. The van der Waals surface area contributed by atoms with Crippen molar-refractivity contribution < 1.29 is 9.69 Å². The van der Waals surface area contributed by atoms with Gasteiger partial charge in [0.2, 0.25) is 11.0 Å². The average molecular weight is 420 g/mol. The van der Waals surface area contributed by atoms with Gasteiger partial charge in [-0.15, -0.1) is 5.10 Å². The average Bonchev–Trinajstić information content (AvgIpc) is 3.39. The molecule has 1 saturated carbocycles. The second-order valence-corrected chi connectivity index (χ2v) is 10.3. The van der Waals surface area contributed by atoms with Crippen molar-refractivity contribution in [3.05, 3.63) is 39.3 Å². The molecule has 1 fully saturated rings. The van der Waals surface area contributed by atoms with Crippen LogP contribution in [0.3, 0.4) is 0 Å². The number of nitrogens with one attached hydrogen (secondary N) is 1. The Hall–Kier alpha value is -1.57.